The van der Waals surface area contributed by atoms with Crippen LogP contribution in [0.1, 0.15) is 32.1 Å². The molecule has 0 amide bonds. The number of nitrogens with one attached hydrogen (secondary N) is 1. The zero-order valence-electron chi connectivity index (χ0n) is 15.7. The van der Waals surface area contributed by atoms with Gasteiger partial charge >= 0.3 is 7.60 Å². The molecule has 1 aromatic carbocycles. The molecule has 1 aliphatic heterocycles. The fourth-order valence-corrected chi connectivity index (χ4v) is 6.04. The summed E-state index contributed by atoms with van der Waals surface area (Å²) in [6.07, 6.45) is 4.12. The Bertz CT molecular complexity index is 1310. The van der Waals surface area contributed by atoms with Crippen molar-refractivity contribution >= 4 is 39.7 Å². The topological polar surface area (TPSA) is 173 Å². The van der Waals surface area contributed by atoms with Gasteiger partial charge in [0.2, 0.25) is 15.5 Å². The van der Waals surface area contributed by atoms with E-state index in [4.69, 9.17) is 10.2 Å². The second-order valence-electron chi connectivity index (χ2n) is 7.30. The zero-order chi connectivity index (χ0) is 21.7. The highest BCUT2D eigenvalue weighted by Gasteiger charge is 2.32. The molecule has 1 saturated carbocycles. The summed E-state index contributed by atoms with van der Waals surface area (Å²) in [6.45, 7) is 0. The second kappa shape index (κ2) is 7.44. The number of hydrogen-bond donors (Lipinski definition) is 4. The lowest BCUT2D eigenvalue weighted by Gasteiger charge is -2.23. The fourth-order valence-electron chi connectivity index (χ4n) is 3.74. The number of sulfonamides is 1. The molecule has 12 heteroatoms. The lowest BCUT2D eigenvalue weighted by molar-refractivity contribution is 0.387. The van der Waals surface area contributed by atoms with Crippen molar-refractivity contribution in [2.24, 2.45) is 0 Å². The van der Waals surface area contributed by atoms with E-state index in [-0.39, 0.29) is 28.6 Å². The first-order chi connectivity index (χ1) is 14.1. The first-order valence-electron chi connectivity index (χ1n) is 9.32. The molecule has 2 aliphatic carbocycles. The Morgan fingerprint density at radius 3 is 2.57 bits per heavy atom. The standard InChI is InChI=1S/C18H20N3O7PS/c19-15-11(22)9-13-17(18(15)30(26,27)21-10-5-2-1-3-6-10)20-16-12(28-13)7-4-8-14(16)29(23,24)25/h4,7-10,21H,1-3,5-6,19H2,(H2,23,24,25). The lowest BCUT2D eigenvalue weighted by atomic mass is 9.96. The van der Waals surface area contributed by atoms with E-state index >= 15 is 0 Å². The number of nitrogens with two attached hydrogens (primary N) is 1. The van der Waals surface area contributed by atoms with Gasteiger partial charge in [0.1, 0.15) is 21.8 Å². The van der Waals surface area contributed by atoms with Crippen molar-refractivity contribution in [1.29, 1.82) is 0 Å². The van der Waals surface area contributed by atoms with Gasteiger partial charge in [-0.05, 0) is 25.0 Å². The first kappa shape index (κ1) is 21.0. The Morgan fingerprint density at radius 1 is 1.20 bits per heavy atom. The van der Waals surface area contributed by atoms with Gasteiger partial charge in [0.05, 0.1) is 5.30 Å². The van der Waals surface area contributed by atoms with Crippen LogP contribution in [0.5, 0.6) is 0 Å². The van der Waals surface area contributed by atoms with E-state index in [0.29, 0.717) is 12.8 Å². The normalized spacial score (nSPS) is 16.3. The number of aromatic nitrogens is 1. The molecular weight excluding hydrogens is 433 g/mol. The molecule has 0 bridgehead atoms. The van der Waals surface area contributed by atoms with E-state index in [9.17, 15) is 27.6 Å². The van der Waals surface area contributed by atoms with Crippen LogP contribution in [-0.4, -0.2) is 29.2 Å². The Hall–Kier alpha value is -2.30. The van der Waals surface area contributed by atoms with Crippen LogP contribution in [0.4, 0.5) is 5.69 Å². The number of anilines is 1. The average Bonchev–Trinajstić information content (AvgIpc) is 2.66. The van der Waals surface area contributed by atoms with Crippen molar-refractivity contribution < 1.29 is 27.2 Å². The summed E-state index contributed by atoms with van der Waals surface area (Å²) in [4.78, 5) is 35.2. The summed E-state index contributed by atoms with van der Waals surface area (Å²) in [5.41, 5.74) is 4.10. The highest BCUT2D eigenvalue weighted by Crippen LogP contribution is 2.38. The zero-order valence-corrected chi connectivity index (χ0v) is 17.4. The minimum atomic E-state index is -4.73. The molecule has 0 saturated heterocycles. The monoisotopic (exact) mass is 453 g/mol. The van der Waals surface area contributed by atoms with Gasteiger partial charge in [-0.15, -0.1) is 0 Å². The number of hydrogen-bond acceptors (Lipinski definition) is 7. The Labute approximate surface area is 171 Å². The summed E-state index contributed by atoms with van der Waals surface area (Å²) in [5, 5.41) is -0.418. The van der Waals surface area contributed by atoms with E-state index < -0.39 is 38.9 Å². The largest absolute Gasteiger partial charge is 0.453 e. The number of fused-ring (bicyclic) bond motifs is 2. The minimum absolute atomic E-state index is 0.00363. The first-order valence-corrected chi connectivity index (χ1v) is 12.4. The SMILES string of the molecule is Nc1c(S(=O)(=O)NC2CCCCC2)c2nc3c(P(=O)(O)O)cccc3oc-2cc1=O. The van der Waals surface area contributed by atoms with Gasteiger partial charge in [-0.1, -0.05) is 25.3 Å². The minimum Gasteiger partial charge on any atom is -0.453 e. The van der Waals surface area contributed by atoms with Crippen LogP contribution in [-0.2, 0) is 14.6 Å². The molecule has 4 rings (SSSR count). The maximum atomic E-state index is 13.1. The highest BCUT2D eigenvalue weighted by molar-refractivity contribution is 7.89. The second-order valence-corrected chi connectivity index (χ2v) is 10.5. The Kier molecular flexibility index (Phi) is 5.19. The molecule has 1 fully saturated rings. The summed E-state index contributed by atoms with van der Waals surface area (Å²) < 4.78 is 46.3. The fraction of sp³-hybridized carbons (Fsp3) is 0.333. The van der Waals surface area contributed by atoms with Gasteiger partial charge in [0, 0.05) is 12.1 Å². The van der Waals surface area contributed by atoms with Crippen molar-refractivity contribution in [1.82, 2.24) is 9.71 Å². The predicted octanol–water partition coefficient (Wildman–Crippen LogP) is 1.29. The van der Waals surface area contributed by atoms with Crippen molar-refractivity contribution in [3.63, 3.8) is 0 Å². The third-order valence-corrected chi connectivity index (χ3v) is 7.73. The van der Waals surface area contributed by atoms with E-state index in [1.807, 2.05) is 0 Å². The predicted molar refractivity (Wildman–Crippen MR) is 110 cm³/mol. The van der Waals surface area contributed by atoms with Crippen LogP contribution in [0, 0.1) is 0 Å². The third kappa shape index (κ3) is 3.75. The quantitative estimate of drug-likeness (QED) is 0.258. The van der Waals surface area contributed by atoms with Crippen LogP contribution in [0.3, 0.4) is 0 Å². The van der Waals surface area contributed by atoms with E-state index in [1.165, 1.54) is 18.2 Å². The number of para-hydroxylation sites is 1. The smallest absolute Gasteiger partial charge is 0.358 e. The van der Waals surface area contributed by atoms with Crippen LogP contribution in [0.15, 0.2) is 38.4 Å². The summed E-state index contributed by atoms with van der Waals surface area (Å²) >= 11 is 0. The van der Waals surface area contributed by atoms with Gasteiger partial charge in [-0.25, -0.2) is 18.1 Å². The molecule has 10 nitrogen and oxygen atoms in total. The molecule has 160 valence electrons. The molecule has 0 unspecified atom stereocenters. The van der Waals surface area contributed by atoms with E-state index in [1.54, 1.807) is 0 Å². The van der Waals surface area contributed by atoms with Crippen LogP contribution < -0.4 is 21.2 Å². The van der Waals surface area contributed by atoms with E-state index in [2.05, 4.69) is 9.71 Å². The van der Waals surface area contributed by atoms with Crippen molar-refractivity contribution in [2.45, 2.75) is 43.0 Å². The van der Waals surface area contributed by atoms with Gasteiger partial charge in [0.15, 0.2) is 11.3 Å². The molecule has 30 heavy (non-hydrogen) atoms. The number of nitrogen functional groups attached to an aromatic ring is 1. The Morgan fingerprint density at radius 2 is 1.90 bits per heavy atom. The summed E-state index contributed by atoms with van der Waals surface area (Å²) in [5.74, 6) is -0.145. The molecule has 0 spiro atoms. The summed E-state index contributed by atoms with van der Waals surface area (Å²) in [6, 6.07) is 4.68. The lowest BCUT2D eigenvalue weighted by Crippen LogP contribution is -2.37. The highest BCUT2D eigenvalue weighted by atomic mass is 32.2. The maximum Gasteiger partial charge on any atom is 0.358 e. The molecular formula is C18H20N3O7PS. The molecule has 0 atom stereocenters. The maximum absolute atomic E-state index is 13.1. The number of nitrogens with zero attached hydrogens (tertiary/aromatic N) is 1. The van der Waals surface area contributed by atoms with Gasteiger partial charge < -0.3 is 19.9 Å². The molecule has 1 aromatic rings. The third-order valence-electron chi connectivity index (χ3n) is 5.15. The molecule has 3 aliphatic rings. The number of benzene rings is 2. The van der Waals surface area contributed by atoms with Gasteiger partial charge in [0.25, 0.3) is 0 Å². The van der Waals surface area contributed by atoms with Gasteiger partial charge in [-0.2, -0.15) is 0 Å². The Balaban J connectivity index is 1.99. The van der Waals surface area contributed by atoms with Crippen molar-refractivity contribution in [3.8, 4) is 11.5 Å². The molecule has 1 heterocycles. The van der Waals surface area contributed by atoms with Crippen molar-refractivity contribution in [3.05, 3.63) is 34.5 Å². The van der Waals surface area contributed by atoms with Crippen LogP contribution in [0.2, 0.25) is 0 Å². The average molecular weight is 453 g/mol. The molecule has 0 aromatic heterocycles. The van der Waals surface area contributed by atoms with Crippen LogP contribution in [0.25, 0.3) is 22.6 Å². The molecule has 5 N–H and O–H groups in total. The molecule has 0 radical (unpaired) electrons. The number of rotatable bonds is 4. The van der Waals surface area contributed by atoms with Gasteiger partial charge in [-0.3, -0.25) is 9.36 Å². The van der Waals surface area contributed by atoms with Crippen LogP contribution >= 0.6 is 7.60 Å². The summed E-state index contributed by atoms with van der Waals surface area (Å²) in [7, 11) is -8.98. The van der Waals surface area contributed by atoms with Crippen molar-refractivity contribution in [2.75, 3.05) is 5.73 Å². The van der Waals surface area contributed by atoms with E-state index in [0.717, 1.165) is 25.3 Å².